The highest BCUT2D eigenvalue weighted by molar-refractivity contribution is 5.99. The standard InChI is InChI=1S/C30H42O7/c1-21-25(16-14-23(28(21)32)24(31)20-30(2,3)4)36-17-11-9-7-6-8-10-12-18-37-27-19-22(29(33)34)13-15-26(27)35-5/h13-16,19,32H,6-12,17-18,20H2,1-5H3,(H,33,34). The van der Waals surface area contributed by atoms with Crippen LogP contribution in [-0.4, -0.2) is 42.3 Å². The number of ether oxygens (including phenoxy) is 3. The molecule has 0 unspecified atom stereocenters. The Bertz CT molecular complexity index is 1040. The van der Waals surface area contributed by atoms with Gasteiger partial charge in [-0.2, -0.15) is 0 Å². The molecule has 7 nitrogen and oxygen atoms in total. The summed E-state index contributed by atoms with van der Waals surface area (Å²) in [6, 6.07) is 8.04. The fourth-order valence-corrected chi connectivity index (χ4v) is 4.01. The van der Waals surface area contributed by atoms with Crippen LogP contribution in [0.3, 0.4) is 0 Å². The van der Waals surface area contributed by atoms with E-state index in [9.17, 15) is 14.7 Å². The second-order valence-electron chi connectivity index (χ2n) is 10.6. The maximum Gasteiger partial charge on any atom is 0.335 e. The van der Waals surface area contributed by atoms with E-state index in [0.717, 1.165) is 44.9 Å². The molecular formula is C30H42O7. The van der Waals surface area contributed by atoms with E-state index in [2.05, 4.69) is 0 Å². The van der Waals surface area contributed by atoms with E-state index in [1.165, 1.54) is 19.2 Å². The number of phenols is 1. The van der Waals surface area contributed by atoms with Crippen LogP contribution in [-0.2, 0) is 0 Å². The number of methoxy groups -OCH3 is 1. The lowest BCUT2D eigenvalue weighted by Gasteiger charge is -2.18. The third-order valence-corrected chi connectivity index (χ3v) is 6.09. The van der Waals surface area contributed by atoms with Crippen LogP contribution in [0, 0.1) is 12.3 Å². The first kappa shape index (κ1) is 30.0. The molecule has 0 radical (unpaired) electrons. The molecule has 0 aliphatic carbocycles. The minimum atomic E-state index is -0.993. The molecule has 37 heavy (non-hydrogen) atoms. The van der Waals surface area contributed by atoms with Crippen molar-refractivity contribution in [1.82, 2.24) is 0 Å². The fourth-order valence-electron chi connectivity index (χ4n) is 4.01. The smallest absolute Gasteiger partial charge is 0.335 e. The summed E-state index contributed by atoms with van der Waals surface area (Å²) in [6.07, 6.45) is 7.63. The Kier molecular flexibility index (Phi) is 11.8. The number of unbranched alkanes of at least 4 members (excludes halogenated alkanes) is 6. The number of aromatic carboxylic acids is 1. The van der Waals surface area contributed by atoms with Gasteiger partial charge in [0.2, 0.25) is 0 Å². The lowest BCUT2D eigenvalue weighted by molar-refractivity contribution is 0.0695. The molecule has 0 saturated heterocycles. The van der Waals surface area contributed by atoms with E-state index in [0.29, 0.717) is 48.0 Å². The lowest BCUT2D eigenvalue weighted by atomic mass is 9.87. The van der Waals surface area contributed by atoms with Crippen LogP contribution in [0.25, 0.3) is 0 Å². The van der Waals surface area contributed by atoms with Gasteiger partial charge in [-0.15, -0.1) is 0 Å². The number of ketones is 1. The van der Waals surface area contributed by atoms with E-state index in [1.807, 2.05) is 20.8 Å². The summed E-state index contributed by atoms with van der Waals surface area (Å²) in [7, 11) is 1.53. The zero-order chi connectivity index (χ0) is 27.4. The predicted molar refractivity (Wildman–Crippen MR) is 145 cm³/mol. The zero-order valence-electron chi connectivity index (χ0n) is 22.9. The van der Waals surface area contributed by atoms with Crippen molar-refractivity contribution in [1.29, 1.82) is 0 Å². The molecule has 0 amide bonds. The summed E-state index contributed by atoms with van der Waals surface area (Å²) in [5.74, 6) is 0.573. The van der Waals surface area contributed by atoms with Crippen LogP contribution in [0.1, 0.15) is 98.4 Å². The van der Waals surface area contributed by atoms with Gasteiger partial charge in [0, 0.05) is 12.0 Å². The Hall–Kier alpha value is -3.22. The molecule has 2 rings (SSSR count). The zero-order valence-corrected chi connectivity index (χ0v) is 22.9. The minimum absolute atomic E-state index is 0.0174. The van der Waals surface area contributed by atoms with Gasteiger partial charge in [-0.1, -0.05) is 52.9 Å². The average molecular weight is 515 g/mol. The Morgan fingerprint density at radius 2 is 1.35 bits per heavy atom. The molecule has 204 valence electrons. The molecule has 0 fully saturated rings. The van der Waals surface area contributed by atoms with Crippen molar-refractivity contribution >= 4 is 11.8 Å². The predicted octanol–water partition coefficient (Wildman–Crippen LogP) is 7.21. The van der Waals surface area contributed by atoms with Crippen molar-refractivity contribution in [3.05, 3.63) is 47.0 Å². The molecular weight excluding hydrogens is 472 g/mol. The molecule has 0 heterocycles. The van der Waals surface area contributed by atoms with E-state index < -0.39 is 5.97 Å². The summed E-state index contributed by atoms with van der Waals surface area (Å²) < 4.78 is 16.8. The van der Waals surface area contributed by atoms with Crippen molar-refractivity contribution in [3.8, 4) is 23.0 Å². The highest BCUT2D eigenvalue weighted by Gasteiger charge is 2.21. The number of carbonyl (C=O) groups is 2. The van der Waals surface area contributed by atoms with Crippen molar-refractivity contribution in [2.75, 3.05) is 20.3 Å². The van der Waals surface area contributed by atoms with Crippen molar-refractivity contribution in [2.45, 2.75) is 79.1 Å². The number of rotatable bonds is 16. The molecule has 0 atom stereocenters. The monoisotopic (exact) mass is 514 g/mol. The number of benzene rings is 2. The number of Topliss-reactive ketones (excluding diaryl/α,β-unsaturated/α-hetero) is 1. The SMILES string of the molecule is COc1ccc(C(=O)O)cc1OCCCCCCCCCOc1ccc(C(=O)CC(C)(C)C)c(O)c1C. The van der Waals surface area contributed by atoms with Crippen LogP contribution in [0.5, 0.6) is 23.0 Å². The van der Waals surface area contributed by atoms with Gasteiger partial charge in [-0.25, -0.2) is 4.79 Å². The molecule has 0 saturated carbocycles. The van der Waals surface area contributed by atoms with E-state index in [1.54, 1.807) is 25.1 Å². The summed E-state index contributed by atoms with van der Waals surface area (Å²) in [6.45, 7) is 8.87. The first-order valence-electron chi connectivity index (χ1n) is 13.1. The van der Waals surface area contributed by atoms with Crippen LogP contribution < -0.4 is 14.2 Å². The van der Waals surface area contributed by atoms with Crippen molar-refractivity contribution < 1.29 is 34.0 Å². The molecule has 0 aliphatic heterocycles. The molecule has 2 aromatic carbocycles. The van der Waals surface area contributed by atoms with Gasteiger partial charge < -0.3 is 24.4 Å². The Morgan fingerprint density at radius 3 is 1.89 bits per heavy atom. The maximum absolute atomic E-state index is 12.5. The first-order chi connectivity index (χ1) is 17.5. The van der Waals surface area contributed by atoms with Gasteiger partial charge in [0.25, 0.3) is 0 Å². The van der Waals surface area contributed by atoms with Gasteiger partial charge in [0.1, 0.15) is 11.5 Å². The van der Waals surface area contributed by atoms with Crippen molar-refractivity contribution in [3.63, 3.8) is 0 Å². The number of carboxylic acids is 1. The van der Waals surface area contributed by atoms with Crippen LogP contribution in [0.4, 0.5) is 0 Å². The highest BCUT2D eigenvalue weighted by Crippen LogP contribution is 2.33. The van der Waals surface area contributed by atoms with Gasteiger partial charge in [0.15, 0.2) is 17.3 Å². The third kappa shape index (κ3) is 9.98. The average Bonchev–Trinajstić information content (AvgIpc) is 2.83. The van der Waals surface area contributed by atoms with Crippen LogP contribution >= 0.6 is 0 Å². The Morgan fingerprint density at radius 1 is 0.811 bits per heavy atom. The molecule has 0 aromatic heterocycles. The van der Waals surface area contributed by atoms with Crippen LogP contribution in [0.15, 0.2) is 30.3 Å². The summed E-state index contributed by atoms with van der Waals surface area (Å²) in [4.78, 5) is 23.6. The van der Waals surface area contributed by atoms with E-state index >= 15 is 0 Å². The summed E-state index contributed by atoms with van der Waals surface area (Å²) >= 11 is 0. The van der Waals surface area contributed by atoms with Crippen LogP contribution in [0.2, 0.25) is 0 Å². The van der Waals surface area contributed by atoms with E-state index in [4.69, 9.17) is 19.3 Å². The maximum atomic E-state index is 12.5. The fraction of sp³-hybridized carbons (Fsp3) is 0.533. The molecule has 0 bridgehead atoms. The van der Waals surface area contributed by atoms with Gasteiger partial charge >= 0.3 is 5.97 Å². The van der Waals surface area contributed by atoms with E-state index in [-0.39, 0.29) is 22.5 Å². The molecule has 2 N–H and O–H groups in total. The van der Waals surface area contributed by atoms with Gasteiger partial charge in [-0.05, 0) is 55.5 Å². The molecule has 2 aromatic rings. The topological polar surface area (TPSA) is 102 Å². The third-order valence-electron chi connectivity index (χ3n) is 6.09. The Balaban J connectivity index is 1.60. The number of hydrogen-bond acceptors (Lipinski definition) is 6. The molecule has 0 aliphatic rings. The minimum Gasteiger partial charge on any atom is -0.507 e. The second-order valence-corrected chi connectivity index (χ2v) is 10.6. The largest absolute Gasteiger partial charge is 0.507 e. The first-order valence-corrected chi connectivity index (χ1v) is 13.1. The lowest BCUT2D eigenvalue weighted by Crippen LogP contribution is -2.13. The number of carboxylic acid groups (broad SMARTS) is 1. The highest BCUT2D eigenvalue weighted by atomic mass is 16.5. The summed E-state index contributed by atoms with van der Waals surface area (Å²) in [5.41, 5.74) is 1.01. The number of hydrogen-bond donors (Lipinski definition) is 2. The van der Waals surface area contributed by atoms with Crippen molar-refractivity contribution in [2.24, 2.45) is 5.41 Å². The Labute approximate surface area is 220 Å². The molecule has 0 spiro atoms. The number of aromatic hydroxyl groups is 1. The number of carbonyl (C=O) groups excluding carboxylic acids is 1. The second kappa shape index (κ2) is 14.5. The normalized spacial score (nSPS) is 11.3. The van der Waals surface area contributed by atoms with Gasteiger partial charge in [-0.3, -0.25) is 4.79 Å². The molecule has 7 heteroatoms. The number of phenolic OH excluding ortho intramolecular Hbond substituents is 1. The van der Waals surface area contributed by atoms with Gasteiger partial charge in [0.05, 0.1) is 31.5 Å². The quantitative estimate of drug-likeness (QED) is 0.180. The summed E-state index contributed by atoms with van der Waals surface area (Å²) in [5, 5.41) is 19.6.